The quantitative estimate of drug-likeness (QED) is 0.378. The van der Waals surface area contributed by atoms with Crippen molar-refractivity contribution in [2.45, 2.75) is 11.1 Å². The van der Waals surface area contributed by atoms with Gasteiger partial charge < -0.3 is 10.2 Å². The Morgan fingerprint density at radius 1 is 1.40 bits per heavy atom. The van der Waals surface area contributed by atoms with Gasteiger partial charge in [0.1, 0.15) is 11.5 Å². The highest BCUT2D eigenvalue weighted by molar-refractivity contribution is 7.89. The number of rotatable bonds is 7. The fourth-order valence-corrected chi connectivity index (χ4v) is 2.35. The topological polar surface area (TPSA) is 106 Å². The Morgan fingerprint density at radius 3 is 2.70 bits per heavy atom. The maximum atomic E-state index is 11.8. The lowest BCUT2D eigenvalue weighted by atomic mass is 10.4. The van der Waals surface area contributed by atoms with Crippen molar-refractivity contribution in [2.24, 2.45) is 5.84 Å². The Kier molecular flexibility index (Phi) is 5.68. The van der Waals surface area contributed by atoms with E-state index >= 15 is 0 Å². The molecule has 114 valence electrons. The van der Waals surface area contributed by atoms with E-state index in [2.05, 4.69) is 19.9 Å². The van der Waals surface area contributed by atoms with E-state index < -0.39 is 29.4 Å². The molecule has 0 radical (unpaired) electrons. The normalized spacial score (nSPS) is 12.4. The van der Waals surface area contributed by atoms with Crippen LogP contribution in [0.15, 0.2) is 23.4 Å². The van der Waals surface area contributed by atoms with E-state index in [0.717, 1.165) is 6.20 Å². The van der Waals surface area contributed by atoms with Crippen molar-refractivity contribution in [3.8, 4) is 0 Å². The number of nitrogen functional groups attached to an aromatic ring is 1. The summed E-state index contributed by atoms with van der Waals surface area (Å²) in [6.07, 6.45) is -2.05. The summed E-state index contributed by atoms with van der Waals surface area (Å²) in [7, 11) is -3.94. The zero-order valence-electron chi connectivity index (χ0n) is 10.1. The molecule has 1 heterocycles. The second-order valence-corrected chi connectivity index (χ2v) is 5.32. The van der Waals surface area contributed by atoms with E-state index in [1.807, 2.05) is 0 Å². The number of nitrogens with one attached hydrogen (secondary N) is 2. The van der Waals surface area contributed by atoms with Crippen LogP contribution in [0, 0.1) is 0 Å². The summed E-state index contributed by atoms with van der Waals surface area (Å²) < 4.78 is 65.4. The molecule has 0 atom stereocenters. The smallest absolute Gasteiger partial charge is 0.371 e. The lowest BCUT2D eigenvalue weighted by Crippen LogP contribution is -2.30. The molecular formula is C9H13F3N4O3S. The Morgan fingerprint density at radius 2 is 2.10 bits per heavy atom. The van der Waals surface area contributed by atoms with Gasteiger partial charge in [0.15, 0.2) is 0 Å². The van der Waals surface area contributed by atoms with Crippen LogP contribution in [0.3, 0.4) is 0 Å². The first kappa shape index (κ1) is 16.6. The van der Waals surface area contributed by atoms with Gasteiger partial charge in [-0.05, 0) is 6.07 Å². The van der Waals surface area contributed by atoms with Gasteiger partial charge in [-0.15, -0.1) is 0 Å². The third kappa shape index (κ3) is 5.28. The monoisotopic (exact) mass is 314 g/mol. The predicted octanol–water partition coefficient (Wildman–Crippen LogP) is 0.224. The maximum Gasteiger partial charge on any atom is 0.411 e. The molecule has 0 aliphatic heterocycles. The number of sulfonamides is 1. The number of aromatic nitrogens is 1. The lowest BCUT2D eigenvalue weighted by molar-refractivity contribution is -0.173. The van der Waals surface area contributed by atoms with Crippen LogP contribution in [0.1, 0.15) is 0 Å². The van der Waals surface area contributed by atoms with E-state index in [0.29, 0.717) is 0 Å². The van der Waals surface area contributed by atoms with Gasteiger partial charge in [-0.1, -0.05) is 0 Å². The molecular weight excluding hydrogens is 301 g/mol. The highest BCUT2D eigenvalue weighted by Gasteiger charge is 2.27. The van der Waals surface area contributed by atoms with Crippen LogP contribution in [0.4, 0.5) is 18.9 Å². The van der Waals surface area contributed by atoms with Gasteiger partial charge in [-0.3, -0.25) is 10.8 Å². The van der Waals surface area contributed by atoms with Crippen molar-refractivity contribution in [2.75, 3.05) is 25.2 Å². The molecule has 0 saturated carbocycles. The van der Waals surface area contributed by atoms with Gasteiger partial charge in [0.2, 0.25) is 10.0 Å². The standard InChI is InChI=1S/C9H13F3N4O3S/c10-9(11,12)6-19-4-3-15-20(17,18)8-5-14-2-1-7(8)16-13/h1-2,5,15H,3-4,6,13H2,(H,14,16). The number of alkyl halides is 3. The van der Waals surface area contributed by atoms with Gasteiger partial charge in [0.25, 0.3) is 0 Å². The third-order valence-corrected chi connectivity index (χ3v) is 3.52. The van der Waals surface area contributed by atoms with Gasteiger partial charge >= 0.3 is 6.18 Å². The minimum atomic E-state index is -4.45. The van der Waals surface area contributed by atoms with Gasteiger partial charge in [0.05, 0.1) is 12.3 Å². The number of nitrogens with zero attached hydrogens (tertiary/aromatic N) is 1. The molecule has 11 heteroatoms. The Hall–Kier alpha value is -1.43. The summed E-state index contributed by atoms with van der Waals surface area (Å²) in [5, 5.41) is 0. The fraction of sp³-hybridized carbons (Fsp3) is 0.444. The summed E-state index contributed by atoms with van der Waals surface area (Å²) >= 11 is 0. The summed E-state index contributed by atoms with van der Waals surface area (Å²) in [4.78, 5) is 3.43. The molecule has 7 nitrogen and oxygen atoms in total. The van der Waals surface area contributed by atoms with Crippen molar-refractivity contribution < 1.29 is 26.3 Å². The number of halogens is 3. The molecule has 1 aromatic heterocycles. The molecule has 0 amide bonds. The lowest BCUT2D eigenvalue weighted by Gasteiger charge is -2.11. The van der Waals surface area contributed by atoms with E-state index in [9.17, 15) is 21.6 Å². The van der Waals surface area contributed by atoms with Crippen molar-refractivity contribution in [1.82, 2.24) is 9.71 Å². The van der Waals surface area contributed by atoms with E-state index in [1.165, 1.54) is 12.3 Å². The zero-order chi connectivity index (χ0) is 15.2. The molecule has 20 heavy (non-hydrogen) atoms. The fourth-order valence-electron chi connectivity index (χ4n) is 1.23. The maximum absolute atomic E-state index is 11.8. The van der Waals surface area contributed by atoms with Gasteiger partial charge in [-0.25, -0.2) is 13.1 Å². The Labute approximate surface area is 113 Å². The van der Waals surface area contributed by atoms with Crippen LogP contribution in [-0.4, -0.2) is 39.3 Å². The minimum Gasteiger partial charge on any atom is -0.371 e. The van der Waals surface area contributed by atoms with Gasteiger partial charge in [-0.2, -0.15) is 13.2 Å². The second-order valence-electron chi connectivity index (χ2n) is 3.58. The first-order chi connectivity index (χ1) is 9.26. The molecule has 0 bridgehead atoms. The van der Waals surface area contributed by atoms with Crippen LogP contribution in [-0.2, 0) is 14.8 Å². The van der Waals surface area contributed by atoms with Gasteiger partial charge in [0, 0.05) is 18.9 Å². The summed E-state index contributed by atoms with van der Waals surface area (Å²) in [5.74, 6) is 5.15. The van der Waals surface area contributed by atoms with Crippen molar-refractivity contribution >= 4 is 15.7 Å². The second kappa shape index (κ2) is 6.83. The van der Waals surface area contributed by atoms with Crippen LogP contribution < -0.4 is 16.0 Å². The van der Waals surface area contributed by atoms with Crippen molar-refractivity contribution in [3.63, 3.8) is 0 Å². The van der Waals surface area contributed by atoms with Crippen LogP contribution in [0.5, 0.6) is 0 Å². The third-order valence-electron chi connectivity index (χ3n) is 2.03. The molecule has 0 unspecified atom stereocenters. The average Bonchev–Trinajstić information content (AvgIpc) is 2.36. The van der Waals surface area contributed by atoms with Crippen LogP contribution >= 0.6 is 0 Å². The highest BCUT2D eigenvalue weighted by atomic mass is 32.2. The molecule has 0 aliphatic carbocycles. The number of anilines is 1. The van der Waals surface area contributed by atoms with E-state index in [4.69, 9.17) is 5.84 Å². The molecule has 0 saturated heterocycles. The number of nitrogens with two attached hydrogens (primary N) is 1. The number of hydrazine groups is 1. The number of hydrogen-bond acceptors (Lipinski definition) is 6. The molecule has 4 N–H and O–H groups in total. The number of pyridine rings is 1. The number of hydrogen-bond donors (Lipinski definition) is 3. The van der Waals surface area contributed by atoms with Crippen LogP contribution in [0.25, 0.3) is 0 Å². The zero-order valence-corrected chi connectivity index (χ0v) is 11.0. The molecule has 1 rings (SSSR count). The molecule has 1 aromatic rings. The Balaban J connectivity index is 2.54. The van der Waals surface area contributed by atoms with Crippen LogP contribution in [0.2, 0.25) is 0 Å². The van der Waals surface area contributed by atoms with Crippen molar-refractivity contribution in [1.29, 1.82) is 0 Å². The van der Waals surface area contributed by atoms with E-state index in [-0.39, 0.29) is 17.1 Å². The average molecular weight is 314 g/mol. The summed E-state index contributed by atoms with van der Waals surface area (Å²) in [6, 6.07) is 1.34. The van der Waals surface area contributed by atoms with Crippen molar-refractivity contribution in [3.05, 3.63) is 18.5 Å². The summed E-state index contributed by atoms with van der Waals surface area (Å²) in [5.41, 5.74) is 2.30. The predicted molar refractivity (Wildman–Crippen MR) is 64.1 cm³/mol. The molecule has 0 aromatic carbocycles. The SMILES string of the molecule is NNc1ccncc1S(=O)(=O)NCCOCC(F)(F)F. The molecule has 0 fully saturated rings. The van der Waals surface area contributed by atoms with E-state index in [1.54, 1.807) is 0 Å². The molecule has 0 aliphatic rings. The molecule has 0 spiro atoms. The number of ether oxygens (including phenoxy) is 1. The Bertz CT molecular complexity index is 535. The first-order valence-corrected chi connectivity index (χ1v) is 6.79. The largest absolute Gasteiger partial charge is 0.411 e. The first-order valence-electron chi connectivity index (χ1n) is 5.31. The highest BCUT2D eigenvalue weighted by Crippen LogP contribution is 2.18. The summed E-state index contributed by atoms with van der Waals surface area (Å²) in [6.45, 7) is -2.15. The minimum absolute atomic E-state index is 0.115.